The van der Waals surface area contributed by atoms with Gasteiger partial charge >= 0.3 is 0 Å². The third-order valence-corrected chi connectivity index (χ3v) is 9.25. The van der Waals surface area contributed by atoms with E-state index in [9.17, 15) is 26.0 Å². The van der Waals surface area contributed by atoms with Crippen molar-refractivity contribution in [3.63, 3.8) is 0 Å². The number of hydrogen-bond acceptors (Lipinski definition) is 7. The van der Waals surface area contributed by atoms with E-state index in [0.717, 1.165) is 18.4 Å². The first-order valence-electron chi connectivity index (χ1n) is 9.71. The highest BCUT2D eigenvalue weighted by atomic mass is 32.2. The Labute approximate surface area is 189 Å². The van der Waals surface area contributed by atoms with Crippen LogP contribution in [0.5, 0.6) is 0 Å². The molecule has 3 aromatic rings. The third kappa shape index (κ3) is 4.68. The van der Waals surface area contributed by atoms with Crippen molar-refractivity contribution in [1.29, 1.82) is 0 Å². The number of halogens is 1. The molecule has 2 aromatic carbocycles. The molecule has 0 bridgehead atoms. The summed E-state index contributed by atoms with van der Waals surface area (Å²) in [4.78, 5) is 17.2. The van der Waals surface area contributed by atoms with Crippen LogP contribution in [0.4, 0.5) is 9.52 Å². The molecule has 0 atom stereocenters. The largest absolute Gasteiger partial charge is 0.302 e. The fraction of sp³-hybridized carbons (Fsp3) is 0.300. The lowest BCUT2D eigenvalue weighted by atomic mass is 9.97. The van der Waals surface area contributed by atoms with Crippen molar-refractivity contribution < 1.29 is 26.0 Å². The number of fused-ring (bicyclic) bond motifs is 1. The molecule has 0 spiro atoms. The van der Waals surface area contributed by atoms with Crippen molar-refractivity contribution in [3.8, 4) is 0 Å². The number of nitrogens with one attached hydrogen (secondary N) is 1. The fourth-order valence-corrected chi connectivity index (χ4v) is 6.61. The number of aromatic nitrogens is 1. The minimum absolute atomic E-state index is 0.0183. The predicted molar refractivity (Wildman–Crippen MR) is 119 cm³/mol. The Morgan fingerprint density at radius 1 is 1.06 bits per heavy atom. The lowest BCUT2D eigenvalue weighted by Gasteiger charge is -2.30. The number of piperidine rings is 1. The third-order valence-electron chi connectivity index (χ3n) is 5.29. The van der Waals surface area contributed by atoms with E-state index in [1.807, 2.05) is 0 Å². The molecule has 8 nitrogen and oxygen atoms in total. The van der Waals surface area contributed by atoms with Gasteiger partial charge in [-0.3, -0.25) is 4.79 Å². The van der Waals surface area contributed by atoms with E-state index in [1.165, 1.54) is 39.9 Å². The van der Waals surface area contributed by atoms with Gasteiger partial charge in [-0.2, -0.15) is 4.31 Å². The highest BCUT2D eigenvalue weighted by Crippen LogP contribution is 2.30. The maximum atomic E-state index is 13.1. The summed E-state index contributed by atoms with van der Waals surface area (Å²) in [5, 5.41) is 3.12. The number of carbonyl (C=O) groups is 1. The van der Waals surface area contributed by atoms with Crippen molar-refractivity contribution in [2.24, 2.45) is 5.92 Å². The first kappa shape index (κ1) is 22.8. The van der Waals surface area contributed by atoms with Crippen LogP contribution in [-0.2, 0) is 24.7 Å². The molecule has 1 amide bonds. The lowest BCUT2D eigenvalue weighted by molar-refractivity contribution is -0.120. The van der Waals surface area contributed by atoms with Crippen LogP contribution >= 0.6 is 11.3 Å². The number of amides is 1. The molecule has 170 valence electrons. The molecule has 0 unspecified atom stereocenters. The quantitative estimate of drug-likeness (QED) is 0.580. The van der Waals surface area contributed by atoms with Crippen LogP contribution < -0.4 is 5.32 Å². The maximum Gasteiger partial charge on any atom is 0.243 e. The van der Waals surface area contributed by atoms with Crippen LogP contribution in [0.3, 0.4) is 0 Å². The molecule has 32 heavy (non-hydrogen) atoms. The van der Waals surface area contributed by atoms with Crippen LogP contribution in [0.15, 0.2) is 52.3 Å². The number of carbonyl (C=O) groups excluding carboxylic acids is 1. The molecule has 1 aliphatic rings. The van der Waals surface area contributed by atoms with E-state index in [1.54, 1.807) is 6.07 Å². The molecule has 2 heterocycles. The molecule has 1 fully saturated rings. The topological polar surface area (TPSA) is 114 Å². The maximum absolute atomic E-state index is 13.1. The Hall–Kier alpha value is -2.41. The SMILES string of the molecule is CS(=O)(=O)c1ccc2nc(NC(=O)C3CCN(S(=O)(=O)c4ccc(F)cc4)CC3)sc2c1. The molecule has 0 saturated carbocycles. The number of sulfone groups is 1. The number of anilines is 1. The number of sulfonamides is 1. The van der Waals surface area contributed by atoms with Gasteiger partial charge in [0.2, 0.25) is 15.9 Å². The van der Waals surface area contributed by atoms with Crippen molar-refractivity contribution in [3.05, 3.63) is 48.3 Å². The second-order valence-corrected chi connectivity index (χ2v) is 12.5. The summed E-state index contributed by atoms with van der Waals surface area (Å²) in [6, 6.07) is 9.25. The molecule has 1 aromatic heterocycles. The molecule has 1 aliphatic heterocycles. The molecule has 0 radical (unpaired) electrons. The van der Waals surface area contributed by atoms with E-state index in [4.69, 9.17) is 0 Å². The van der Waals surface area contributed by atoms with E-state index >= 15 is 0 Å². The summed E-state index contributed by atoms with van der Waals surface area (Å²) in [7, 11) is -7.09. The van der Waals surface area contributed by atoms with Gasteiger partial charge in [-0.1, -0.05) is 11.3 Å². The summed E-state index contributed by atoms with van der Waals surface area (Å²) in [6.45, 7) is 0.352. The van der Waals surface area contributed by atoms with Crippen LogP contribution in [-0.4, -0.2) is 51.4 Å². The Morgan fingerprint density at radius 3 is 2.31 bits per heavy atom. The summed E-state index contributed by atoms with van der Waals surface area (Å²) in [6.07, 6.45) is 1.81. The zero-order valence-corrected chi connectivity index (χ0v) is 19.4. The van der Waals surface area contributed by atoms with Gasteiger partial charge in [0.15, 0.2) is 15.0 Å². The summed E-state index contributed by atoms with van der Waals surface area (Å²) in [5.74, 6) is -1.15. The van der Waals surface area contributed by atoms with Crippen LogP contribution in [0.2, 0.25) is 0 Å². The zero-order chi connectivity index (χ0) is 23.1. The van der Waals surface area contributed by atoms with Gasteiger partial charge in [0.05, 0.1) is 20.0 Å². The Balaban J connectivity index is 1.41. The number of benzene rings is 2. The standard InChI is InChI=1S/C20H20FN3O5S3/c1-31(26,27)16-6-7-17-18(12-16)30-20(22-17)23-19(25)13-8-10-24(11-9-13)32(28,29)15-4-2-14(21)3-5-15/h2-7,12-13H,8-11H2,1H3,(H,22,23,25). The lowest BCUT2D eigenvalue weighted by Crippen LogP contribution is -2.41. The summed E-state index contributed by atoms with van der Waals surface area (Å²) in [5.41, 5.74) is 0.581. The van der Waals surface area contributed by atoms with E-state index in [-0.39, 0.29) is 34.7 Å². The smallest absolute Gasteiger partial charge is 0.243 e. The highest BCUT2D eigenvalue weighted by molar-refractivity contribution is 7.90. The molecular weight excluding hydrogens is 477 g/mol. The Kier molecular flexibility index (Phi) is 6.05. The summed E-state index contributed by atoms with van der Waals surface area (Å²) >= 11 is 1.18. The average molecular weight is 498 g/mol. The fourth-order valence-electron chi connectivity index (χ4n) is 3.51. The van der Waals surface area contributed by atoms with Gasteiger partial charge in [-0.15, -0.1) is 0 Å². The Bertz CT molecular complexity index is 1380. The Morgan fingerprint density at radius 2 is 1.69 bits per heavy atom. The van der Waals surface area contributed by atoms with E-state index in [0.29, 0.717) is 28.2 Å². The first-order valence-corrected chi connectivity index (χ1v) is 13.9. The van der Waals surface area contributed by atoms with Crippen molar-refractivity contribution >= 4 is 52.5 Å². The highest BCUT2D eigenvalue weighted by Gasteiger charge is 2.32. The number of thiazole rings is 1. The van der Waals surface area contributed by atoms with Crippen molar-refractivity contribution in [1.82, 2.24) is 9.29 Å². The number of hydrogen-bond donors (Lipinski definition) is 1. The monoisotopic (exact) mass is 497 g/mol. The minimum Gasteiger partial charge on any atom is -0.302 e. The molecule has 4 rings (SSSR count). The van der Waals surface area contributed by atoms with Gasteiger partial charge in [0.1, 0.15) is 5.82 Å². The van der Waals surface area contributed by atoms with Gasteiger partial charge in [-0.25, -0.2) is 26.2 Å². The molecule has 12 heteroatoms. The normalized spacial score (nSPS) is 16.3. The zero-order valence-electron chi connectivity index (χ0n) is 17.0. The average Bonchev–Trinajstić information content (AvgIpc) is 3.15. The van der Waals surface area contributed by atoms with E-state index in [2.05, 4.69) is 10.3 Å². The van der Waals surface area contributed by atoms with Gasteiger partial charge < -0.3 is 5.32 Å². The summed E-state index contributed by atoms with van der Waals surface area (Å²) < 4.78 is 63.9. The molecule has 0 aliphatic carbocycles. The van der Waals surface area contributed by atoms with Gasteiger partial charge in [0.25, 0.3) is 0 Å². The van der Waals surface area contributed by atoms with Crippen LogP contribution in [0.1, 0.15) is 12.8 Å². The molecular formula is C20H20FN3O5S3. The van der Waals surface area contributed by atoms with Gasteiger partial charge in [-0.05, 0) is 55.3 Å². The van der Waals surface area contributed by atoms with Crippen LogP contribution in [0.25, 0.3) is 10.2 Å². The minimum atomic E-state index is -3.74. The number of nitrogens with zero attached hydrogens (tertiary/aromatic N) is 2. The predicted octanol–water partition coefficient (Wildman–Crippen LogP) is 2.88. The second kappa shape index (κ2) is 8.50. The van der Waals surface area contributed by atoms with E-state index < -0.39 is 25.7 Å². The molecule has 1 N–H and O–H groups in total. The second-order valence-electron chi connectivity index (χ2n) is 7.54. The van der Waals surface area contributed by atoms with Crippen LogP contribution in [0, 0.1) is 11.7 Å². The first-order chi connectivity index (χ1) is 15.0. The van der Waals surface area contributed by atoms with Crippen molar-refractivity contribution in [2.75, 3.05) is 24.7 Å². The van der Waals surface area contributed by atoms with Crippen molar-refractivity contribution in [2.45, 2.75) is 22.6 Å². The van der Waals surface area contributed by atoms with Gasteiger partial charge in [0, 0.05) is 25.3 Å². The number of rotatable bonds is 5. The molecule has 1 saturated heterocycles.